The fourth-order valence-corrected chi connectivity index (χ4v) is 6.71. The summed E-state index contributed by atoms with van der Waals surface area (Å²) in [6.07, 6.45) is 0. The van der Waals surface area contributed by atoms with E-state index >= 15 is 0 Å². The molecule has 0 atom stereocenters. The van der Waals surface area contributed by atoms with E-state index in [9.17, 15) is 16.4 Å². The molecule has 11 aromatic rings. The third-order valence-corrected chi connectivity index (χ3v) is 8.73. The zero-order valence-corrected chi connectivity index (χ0v) is 25.7. The summed E-state index contributed by atoms with van der Waals surface area (Å²) in [4.78, 5) is 0. The molecular formula is C48H31N3. The molecule has 0 aliphatic carbocycles. The molecule has 3 aromatic heterocycles. The Morgan fingerprint density at radius 1 is 0.353 bits per heavy atom. The molecular weight excluding hydrogens is 619 g/mol. The minimum absolute atomic E-state index is 0.121. The van der Waals surface area contributed by atoms with Crippen molar-refractivity contribution >= 4 is 65.4 Å². The van der Waals surface area contributed by atoms with E-state index in [0.29, 0.717) is 0 Å². The van der Waals surface area contributed by atoms with E-state index in [1.165, 1.54) is 24.3 Å². The number of rotatable bonds is 4. The van der Waals surface area contributed by atoms with Gasteiger partial charge in [0.25, 0.3) is 0 Å². The van der Waals surface area contributed by atoms with E-state index in [4.69, 9.17) is 20.6 Å². The smallest absolute Gasteiger partial charge is 0.0782 e. The normalized spacial score (nSPS) is 19.3. The molecule has 0 unspecified atom stereocenters. The topological polar surface area (TPSA) is 14.8 Å². The summed E-state index contributed by atoms with van der Waals surface area (Å²) in [5.41, 5.74) is -5.66. The SMILES string of the molecule is [2H]c1c([2H])c([2H])c(-c2ccccc2-n2c3c([2H])c([2H])c([2H])c([2H])c3c3c([2H])c(-n4c5c([2H])c([2H])c([2H])c([2H])c5c5c([2H])c([2H])c([2H])c(-n6c7c([2H])c([2H])c([2H])c([2H])c7c7c([2H])c([2H])c([2H])c([2H])c76)c54)c([2H])c([2H])c32)c([2H])c1[2H]. The quantitative estimate of drug-likeness (QED) is 0.176. The molecule has 3 nitrogen and oxygen atoms in total. The van der Waals surface area contributed by atoms with E-state index in [1.807, 2.05) is 0 Å². The molecule has 238 valence electrons. The van der Waals surface area contributed by atoms with Gasteiger partial charge in [-0.3, -0.25) is 0 Å². The lowest BCUT2D eigenvalue weighted by Crippen LogP contribution is -2.01. The maximum absolute atomic E-state index is 10.3. The van der Waals surface area contributed by atoms with Crippen LogP contribution in [0.2, 0.25) is 0 Å². The van der Waals surface area contributed by atoms with Gasteiger partial charge in [0.15, 0.2) is 0 Å². The van der Waals surface area contributed by atoms with Crippen LogP contribution in [-0.4, -0.2) is 13.7 Å². The summed E-state index contributed by atoms with van der Waals surface area (Å²) in [6.45, 7) is 0. The van der Waals surface area contributed by atoms with E-state index < -0.39 is 240 Å². The lowest BCUT2D eigenvalue weighted by Gasteiger charge is -2.15. The second-order valence-corrected chi connectivity index (χ2v) is 11.3. The minimum atomic E-state index is -0.997. The van der Waals surface area contributed by atoms with Crippen molar-refractivity contribution in [1.29, 1.82) is 0 Å². The van der Waals surface area contributed by atoms with Gasteiger partial charge in [0.1, 0.15) is 0 Å². The molecule has 3 heteroatoms. The summed E-state index contributed by atoms with van der Waals surface area (Å²) in [5, 5.41) is -3.14. The van der Waals surface area contributed by atoms with E-state index in [1.54, 1.807) is 0 Å². The van der Waals surface area contributed by atoms with Crippen LogP contribution in [0.1, 0.15) is 37.0 Å². The third kappa shape index (κ3) is 4.00. The monoisotopic (exact) mass is 676 g/mol. The molecule has 0 N–H and O–H groups in total. The Balaban J connectivity index is 1.45. The number of hydrogen-bond acceptors (Lipinski definition) is 0. The Kier molecular flexibility index (Phi) is 2.65. The average Bonchev–Trinajstić information content (AvgIpc) is 4.16. The van der Waals surface area contributed by atoms with Crippen LogP contribution in [0, 0.1) is 0 Å². The van der Waals surface area contributed by atoms with Crippen LogP contribution < -0.4 is 0 Å². The number of aromatic nitrogens is 3. The fourth-order valence-electron chi connectivity index (χ4n) is 6.71. The Morgan fingerprint density at radius 3 is 1.51 bits per heavy atom. The van der Waals surface area contributed by atoms with E-state index in [-0.39, 0.29) is 16.8 Å². The van der Waals surface area contributed by atoms with Crippen molar-refractivity contribution in [2.24, 2.45) is 0 Å². The molecule has 0 aliphatic rings. The van der Waals surface area contributed by atoms with Gasteiger partial charge in [-0.25, -0.2) is 0 Å². The number of benzene rings is 8. The van der Waals surface area contributed by atoms with Gasteiger partial charge < -0.3 is 13.7 Å². The lowest BCUT2D eigenvalue weighted by molar-refractivity contribution is 1.13. The molecule has 51 heavy (non-hydrogen) atoms. The molecule has 0 radical (unpaired) electrons. The first-order valence-corrected chi connectivity index (χ1v) is 15.3. The highest BCUT2D eigenvalue weighted by Gasteiger charge is 2.21. The van der Waals surface area contributed by atoms with Gasteiger partial charge in [0.2, 0.25) is 0 Å². The minimum Gasteiger partial charge on any atom is -0.309 e. The number of para-hydroxylation sites is 6. The molecule has 3 heterocycles. The predicted octanol–water partition coefficient (Wildman–Crippen LogP) is 12.6. The zero-order chi connectivity index (χ0) is 57.0. The largest absolute Gasteiger partial charge is 0.309 e. The second kappa shape index (κ2) is 10.8. The Morgan fingerprint density at radius 2 is 0.843 bits per heavy atom. The highest BCUT2D eigenvalue weighted by atomic mass is 15.1. The van der Waals surface area contributed by atoms with Crippen molar-refractivity contribution in [3.8, 4) is 28.2 Å². The number of fused-ring (bicyclic) bond motifs is 9. The summed E-state index contributed by atoms with van der Waals surface area (Å²) in [5.74, 6) is 0. The van der Waals surface area contributed by atoms with Crippen molar-refractivity contribution in [2.45, 2.75) is 0 Å². The third-order valence-electron chi connectivity index (χ3n) is 8.73. The van der Waals surface area contributed by atoms with Crippen molar-refractivity contribution in [2.75, 3.05) is 0 Å². The molecule has 11 rings (SSSR count). The molecule has 0 saturated heterocycles. The predicted molar refractivity (Wildman–Crippen MR) is 215 cm³/mol. The van der Waals surface area contributed by atoms with Crippen LogP contribution in [0.5, 0.6) is 0 Å². The molecule has 0 spiro atoms. The van der Waals surface area contributed by atoms with Gasteiger partial charge in [-0.2, -0.15) is 0 Å². The van der Waals surface area contributed by atoms with E-state index in [0.717, 1.165) is 13.7 Å². The van der Waals surface area contributed by atoms with Crippen molar-refractivity contribution in [3.63, 3.8) is 0 Å². The van der Waals surface area contributed by atoms with Gasteiger partial charge in [0, 0.05) is 43.6 Å². The molecule has 0 saturated carbocycles. The highest BCUT2D eigenvalue weighted by molar-refractivity contribution is 6.16. The first-order valence-electron chi connectivity index (χ1n) is 28.8. The molecule has 0 bridgehead atoms. The fraction of sp³-hybridized carbons (Fsp3) is 0. The highest BCUT2D eigenvalue weighted by Crippen LogP contribution is 2.42. The van der Waals surface area contributed by atoms with Gasteiger partial charge in [-0.15, -0.1) is 0 Å². The molecule has 0 aliphatic heterocycles. The maximum atomic E-state index is 10.3. The summed E-state index contributed by atoms with van der Waals surface area (Å²) in [7, 11) is 0. The lowest BCUT2D eigenvalue weighted by atomic mass is 10.0. The van der Waals surface area contributed by atoms with E-state index in [2.05, 4.69) is 0 Å². The maximum Gasteiger partial charge on any atom is 0.0782 e. The van der Waals surface area contributed by atoms with Gasteiger partial charge in [0.05, 0.1) is 81.5 Å². The van der Waals surface area contributed by atoms with Crippen molar-refractivity contribution in [3.05, 3.63) is 187 Å². The second-order valence-electron chi connectivity index (χ2n) is 11.3. The molecule has 8 aromatic carbocycles. The van der Waals surface area contributed by atoms with Crippen LogP contribution in [0.4, 0.5) is 0 Å². The average molecular weight is 677 g/mol. The summed E-state index contributed by atoms with van der Waals surface area (Å²) >= 11 is 0. The van der Waals surface area contributed by atoms with Crippen LogP contribution in [0.3, 0.4) is 0 Å². The summed E-state index contributed by atoms with van der Waals surface area (Å²) < 4.78 is 248. The van der Waals surface area contributed by atoms with Gasteiger partial charge in [-0.05, 0) is 60.0 Å². The van der Waals surface area contributed by atoms with Gasteiger partial charge >= 0.3 is 0 Å². The molecule has 0 amide bonds. The van der Waals surface area contributed by atoms with Crippen molar-refractivity contribution in [1.82, 2.24) is 13.7 Å². The standard InChI is InChI=1S/C48H31N3/c1-2-15-32(16-3-1)34-17-4-9-23-41(34)50-45-27-13-8-21-38(45)40-31-33(29-30-46(40)50)49-42-24-10-7-20-37(42)39-22-14-28-47(48(39)49)51-43-25-11-5-18-35(43)36-19-6-12-26-44(36)51/h1-31H/i1D,2D,3D,5D,6D,7D,8D,10D,11D,12D,13D,14D,15D,16D,18D,19D,20D,21D,22D,24D,25D,26D,27D,28D,29D,30D,31D. The van der Waals surface area contributed by atoms with Crippen LogP contribution in [0.25, 0.3) is 93.6 Å². The van der Waals surface area contributed by atoms with Crippen LogP contribution >= 0.6 is 0 Å². The summed E-state index contributed by atoms with van der Waals surface area (Å²) in [6, 6.07) is -17.2. The number of nitrogens with zero attached hydrogens (tertiary/aromatic N) is 3. The first-order chi connectivity index (χ1) is 36.6. The number of hydrogen-bond donors (Lipinski definition) is 0. The Labute approximate surface area is 332 Å². The van der Waals surface area contributed by atoms with Crippen molar-refractivity contribution < 1.29 is 37.0 Å². The van der Waals surface area contributed by atoms with Gasteiger partial charge in [-0.1, -0.05) is 133 Å². The first kappa shape index (κ1) is 12.5. The zero-order valence-electron chi connectivity index (χ0n) is 52.7. The van der Waals surface area contributed by atoms with Crippen LogP contribution in [0.15, 0.2) is 187 Å². The molecule has 0 fully saturated rings. The Hall–Kier alpha value is -6.84. The Bertz CT molecular complexity index is 4600. The van der Waals surface area contributed by atoms with Crippen LogP contribution in [-0.2, 0) is 0 Å².